The molecule has 3 amide bonds. The Hall–Kier alpha value is -4.06. The van der Waals surface area contributed by atoms with Crippen LogP contribution in [-0.4, -0.2) is 51.8 Å². The highest BCUT2D eigenvalue weighted by atomic mass is 32.2. The van der Waals surface area contributed by atoms with Gasteiger partial charge in [0, 0.05) is 37.2 Å². The SMILES string of the molecule is O=C(NCCN1C(=O)S/C(=C\c2ccc([N+](=O)[O-])cc2)C1=O)C1CC(c2cccc(F)c2)=NO1. The summed E-state index contributed by atoms with van der Waals surface area (Å²) in [5.74, 6) is -1.41. The molecule has 0 bridgehead atoms. The number of benzene rings is 2. The molecular formula is C22H17FN4O6S. The Balaban J connectivity index is 1.28. The van der Waals surface area contributed by atoms with Gasteiger partial charge in [0.2, 0.25) is 6.10 Å². The number of carbonyl (C=O) groups is 3. The molecule has 1 saturated heterocycles. The van der Waals surface area contributed by atoms with Crippen LogP contribution in [0.2, 0.25) is 0 Å². The Labute approximate surface area is 196 Å². The average molecular weight is 484 g/mol. The molecule has 0 radical (unpaired) electrons. The summed E-state index contributed by atoms with van der Waals surface area (Å²) in [4.78, 5) is 53.7. The van der Waals surface area contributed by atoms with Gasteiger partial charge in [-0.15, -0.1) is 0 Å². The lowest BCUT2D eigenvalue weighted by Crippen LogP contribution is -2.41. The summed E-state index contributed by atoms with van der Waals surface area (Å²) in [6, 6.07) is 11.4. The maximum Gasteiger partial charge on any atom is 0.293 e. The predicted molar refractivity (Wildman–Crippen MR) is 121 cm³/mol. The number of imide groups is 1. The van der Waals surface area contributed by atoms with E-state index in [2.05, 4.69) is 10.5 Å². The van der Waals surface area contributed by atoms with E-state index in [0.29, 0.717) is 16.8 Å². The van der Waals surface area contributed by atoms with Crippen LogP contribution in [0.5, 0.6) is 0 Å². The van der Waals surface area contributed by atoms with Crippen molar-refractivity contribution in [1.29, 1.82) is 0 Å². The lowest BCUT2D eigenvalue weighted by Gasteiger charge is -2.14. The van der Waals surface area contributed by atoms with Gasteiger partial charge in [0.15, 0.2) is 0 Å². The lowest BCUT2D eigenvalue weighted by molar-refractivity contribution is -0.384. The molecule has 12 heteroatoms. The maximum atomic E-state index is 13.4. The third kappa shape index (κ3) is 5.12. The van der Waals surface area contributed by atoms with Crippen molar-refractivity contribution < 1.29 is 28.5 Å². The second kappa shape index (κ2) is 9.83. The number of nitrogens with one attached hydrogen (secondary N) is 1. The molecule has 2 aliphatic rings. The van der Waals surface area contributed by atoms with Crippen molar-refractivity contribution in [3.8, 4) is 0 Å². The van der Waals surface area contributed by atoms with E-state index in [0.717, 1.165) is 16.7 Å². The number of thioether (sulfide) groups is 1. The summed E-state index contributed by atoms with van der Waals surface area (Å²) in [5.41, 5.74) is 1.42. The van der Waals surface area contributed by atoms with Gasteiger partial charge < -0.3 is 10.2 Å². The van der Waals surface area contributed by atoms with Gasteiger partial charge in [-0.3, -0.25) is 29.4 Å². The number of nitro groups is 1. The number of nitro benzene ring substituents is 1. The van der Waals surface area contributed by atoms with Gasteiger partial charge >= 0.3 is 0 Å². The summed E-state index contributed by atoms with van der Waals surface area (Å²) in [7, 11) is 0. The van der Waals surface area contributed by atoms with E-state index in [1.807, 2.05) is 0 Å². The monoisotopic (exact) mass is 484 g/mol. The first kappa shape index (κ1) is 23.1. The first-order chi connectivity index (χ1) is 16.3. The zero-order valence-electron chi connectivity index (χ0n) is 17.5. The molecule has 2 heterocycles. The van der Waals surface area contributed by atoms with Gasteiger partial charge in [0.25, 0.3) is 22.7 Å². The number of carbonyl (C=O) groups excluding carboxylic acids is 3. The minimum Gasteiger partial charge on any atom is -0.382 e. The van der Waals surface area contributed by atoms with Crippen LogP contribution in [0.15, 0.2) is 58.6 Å². The van der Waals surface area contributed by atoms with Gasteiger partial charge in [0.1, 0.15) is 5.82 Å². The van der Waals surface area contributed by atoms with Crippen molar-refractivity contribution in [3.05, 3.63) is 80.5 Å². The Morgan fingerprint density at radius 3 is 2.76 bits per heavy atom. The first-order valence-corrected chi connectivity index (χ1v) is 10.9. The van der Waals surface area contributed by atoms with Crippen LogP contribution in [0.4, 0.5) is 14.9 Å². The molecule has 1 N–H and O–H groups in total. The molecule has 2 aromatic rings. The van der Waals surface area contributed by atoms with Crippen molar-refractivity contribution in [2.45, 2.75) is 12.5 Å². The Kier molecular flexibility index (Phi) is 6.68. The number of halogens is 1. The molecule has 10 nitrogen and oxygen atoms in total. The molecule has 0 saturated carbocycles. The predicted octanol–water partition coefficient (Wildman–Crippen LogP) is 3.08. The zero-order chi connectivity index (χ0) is 24.2. The van der Waals surface area contributed by atoms with E-state index in [4.69, 9.17) is 4.84 Å². The van der Waals surface area contributed by atoms with E-state index in [-0.39, 0.29) is 30.1 Å². The minimum absolute atomic E-state index is 0.0108. The highest BCUT2D eigenvalue weighted by Gasteiger charge is 2.35. The van der Waals surface area contributed by atoms with Gasteiger partial charge in [-0.25, -0.2) is 4.39 Å². The fourth-order valence-corrected chi connectivity index (χ4v) is 4.16. The quantitative estimate of drug-likeness (QED) is 0.363. The molecule has 2 aromatic carbocycles. The van der Waals surface area contributed by atoms with E-state index in [9.17, 15) is 28.9 Å². The molecule has 174 valence electrons. The summed E-state index contributed by atoms with van der Waals surface area (Å²) in [6.07, 6.45) is 0.745. The second-order valence-corrected chi connectivity index (χ2v) is 8.31. The topological polar surface area (TPSA) is 131 Å². The molecule has 1 unspecified atom stereocenters. The fraction of sp³-hybridized carbons (Fsp3) is 0.182. The van der Waals surface area contributed by atoms with Crippen molar-refractivity contribution in [2.75, 3.05) is 13.1 Å². The number of nitrogens with zero attached hydrogens (tertiary/aromatic N) is 3. The molecule has 0 spiro atoms. The number of hydrogen-bond donors (Lipinski definition) is 1. The Morgan fingerprint density at radius 2 is 2.06 bits per heavy atom. The van der Waals surface area contributed by atoms with Crippen LogP contribution < -0.4 is 5.32 Å². The van der Waals surface area contributed by atoms with Crippen LogP contribution >= 0.6 is 11.8 Å². The molecule has 34 heavy (non-hydrogen) atoms. The largest absolute Gasteiger partial charge is 0.382 e. The number of rotatable bonds is 7. The molecule has 0 aromatic heterocycles. The smallest absolute Gasteiger partial charge is 0.293 e. The maximum absolute atomic E-state index is 13.4. The van der Waals surface area contributed by atoms with Crippen molar-refractivity contribution >= 4 is 46.3 Å². The molecule has 1 fully saturated rings. The van der Waals surface area contributed by atoms with Crippen molar-refractivity contribution in [3.63, 3.8) is 0 Å². The summed E-state index contributed by atoms with van der Waals surface area (Å²) < 4.78 is 13.4. The van der Waals surface area contributed by atoms with Crippen LogP contribution in [0.3, 0.4) is 0 Å². The summed E-state index contributed by atoms with van der Waals surface area (Å²) in [6.45, 7) is -0.0326. The van der Waals surface area contributed by atoms with Crippen LogP contribution in [0, 0.1) is 15.9 Å². The third-order valence-corrected chi connectivity index (χ3v) is 5.94. The van der Waals surface area contributed by atoms with Crippen molar-refractivity contribution in [1.82, 2.24) is 10.2 Å². The van der Waals surface area contributed by atoms with Crippen LogP contribution in [0.25, 0.3) is 6.08 Å². The number of non-ortho nitro benzene ring substituents is 1. The van der Waals surface area contributed by atoms with Crippen molar-refractivity contribution in [2.24, 2.45) is 5.16 Å². The third-order valence-electron chi connectivity index (χ3n) is 5.03. The highest BCUT2D eigenvalue weighted by molar-refractivity contribution is 8.18. The van der Waals surface area contributed by atoms with E-state index >= 15 is 0 Å². The minimum atomic E-state index is -0.893. The second-order valence-electron chi connectivity index (χ2n) is 7.32. The molecule has 4 rings (SSSR count). The van der Waals surface area contributed by atoms with Gasteiger partial charge in [0.05, 0.1) is 15.5 Å². The normalized spacial score (nSPS) is 18.7. The zero-order valence-corrected chi connectivity index (χ0v) is 18.3. The van der Waals surface area contributed by atoms with Gasteiger partial charge in [-0.2, -0.15) is 0 Å². The number of amides is 3. The summed E-state index contributed by atoms with van der Waals surface area (Å²) in [5, 5.41) is 16.7. The van der Waals surface area contributed by atoms with E-state index < -0.39 is 33.9 Å². The molecule has 1 atom stereocenters. The van der Waals surface area contributed by atoms with E-state index in [1.165, 1.54) is 48.5 Å². The molecule has 2 aliphatic heterocycles. The number of hydrogen-bond acceptors (Lipinski definition) is 8. The van der Waals surface area contributed by atoms with Gasteiger partial charge in [-0.1, -0.05) is 17.3 Å². The first-order valence-electron chi connectivity index (χ1n) is 10.1. The van der Waals surface area contributed by atoms with Gasteiger partial charge in [-0.05, 0) is 47.7 Å². The van der Waals surface area contributed by atoms with E-state index in [1.54, 1.807) is 6.07 Å². The van der Waals surface area contributed by atoms with Crippen LogP contribution in [0.1, 0.15) is 17.5 Å². The summed E-state index contributed by atoms with van der Waals surface area (Å²) >= 11 is 0.749. The van der Waals surface area contributed by atoms with Crippen LogP contribution in [-0.2, 0) is 14.4 Å². The highest BCUT2D eigenvalue weighted by Crippen LogP contribution is 2.32. The Bertz CT molecular complexity index is 1230. The number of oxime groups is 1. The Morgan fingerprint density at radius 1 is 1.29 bits per heavy atom. The molecule has 0 aliphatic carbocycles. The fourth-order valence-electron chi connectivity index (χ4n) is 3.30. The molecular weight excluding hydrogens is 467 g/mol. The standard InChI is InChI=1S/C22H17FN4O6S/c23-15-3-1-2-14(11-15)17-12-18(33-25-17)20(28)24-8-9-26-21(29)19(34-22(26)30)10-13-4-6-16(7-5-13)27(31)32/h1-7,10-11,18H,8-9,12H2,(H,24,28)/b19-10-. The lowest BCUT2D eigenvalue weighted by atomic mass is 10.0. The average Bonchev–Trinajstić information content (AvgIpc) is 3.40.